The van der Waals surface area contributed by atoms with E-state index in [-0.39, 0.29) is 17.0 Å². The molecule has 0 radical (unpaired) electrons. The van der Waals surface area contributed by atoms with Gasteiger partial charge in [0, 0.05) is 31.7 Å². The van der Waals surface area contributed by atoms with E-state index in [2.05, 4.69) is 11.0 Å². The van der Waals surface area contributed by atoms with Gasteiger partial charge in [-0.25, -0.2) is 0 Å². The number of carbonyl (C=O) groups is 1. The lowest BCUT2D eigenvalue weighted by Crippen LogP contribution is -2.41. The van der Waals surface area contributed by atoms with Gasteiger partial charge in [0.1, 0.15) is 21.8 Å². The molecule has 0 atom stereocenters. The largest absolute Gasteiger partial charge is 0.378 e. The van der Waals surface area contributed by atoms with E-state index in [9.17, 15) is 14.9 Å². The van der Waals surface area contributed by atoms with Gasteiger partial charge in [-0.15, -0.1) is 0 Å². The maximum atomic E-state index is 13.1. The Labute approximate surface area is 186 Å². The van der Waals surface area contributed by atoms with E-state index >= 15 is 0 Å². The van der Waals surface area contributed by atoms with E-state index in [1.54, 1.807) is 16.4 Å². The number of carbonyl (C=O) groups excluding carboxylic acids is 1. The van der Waals surface area contributed by atoms with Gasteiger partial charge in [-0.1, -0.05) is 37.8 Å². The van der Waals surface area contributed by atoms with E-state index < -0.39 is 0 Å². The molecule has 0 aliphatic carbocycles. The predicted octanol–water partition coefficient (Wildman–Crippen LogP) is 2.89. The van der Waals surface area contributed by atoms with Crippen LogP contribution in [0.5, 0.6) is 0 Å². The topological polar surface area (TPSA) is 78.6 Å². The van der Waals surface area contributed by atoms with Gasteiger partial charge in [0.2, 0.25) is 0 Å². The molecule has 30 heavy (non-hydrogen) atoms. The lowest BCUT2D eigenvalue weighted by atomic mass is 10.0. The van der Waals surface area contributed by atoms with Gasteiger partial charge < -0.3 is 9.64 Å². The lowest BCUT2D eigenvalue weighted by Gasteiger charge is -2.33. The Morgan fingerprint density at radius 2 is 1.87 bits per heavy atom. The van der Waals surface area contributed by atoms with Crippen molar-refractivity contribution in [3.8, 4) is 6.07 Å². The van der Waals surface area contributed by atoms with Crippen molar-refractivity contribution >= 4 is 46.1 Å². The van der Waals surface area contributed by atoms with Gasteiger partial charge in [0.25, 0.3) is 11.5 Å². The maximum absolute atomic E-state index is 13.1. The summed E-state index contributed by atoms with van der Waals surface area (Å²) in [5, 5.41) is 9.67. The van der Waals surface area contributed by atoms with Crippen molar-refractivity contribution in [1.29, 1.82) is 5.26 Å². The van der Waals surface area contributed by atoms with Crippen LogP contribution < -0.4 is 10.5 Å². The first-order valence-electron chi connectivity index (χ1n) is 10.2. The molecule has 0 unspecified atom stereocenters. The summed E-state index contributed by atoms with van der Waals surface area (Å²) in [7, 11) is 0. The third-order valence-corrected chi connectivity index (χ3v) is 6.58. The molecule has 2 aliphatic rings. The summed E-state index contributed by atoms with van der Waals surface area (Å²) in [4.78, 5) is 30.3. The molecule has 1 aromatic rings. The number of anilines is 1. The number of thiocarbonyl (C=S) groups is 1. The minimum absolute atomic E-state index is 0.120. The second-order valence-electron chi connectivity index (χ2n) is 7.24. The number of hydrogen-bond donors (Lipinski definition) is 0. The number of nitrogens with zero attached hydrogens (tertiary/aromatic N) is 4. The molecule has 7 nitrogen and oxygen atoms in total. The number of pyridine rings is 1. The molecule has 0 saturated carbocycles. The van der Waals surface area contributed by atoms with Crippen LogP contribution in [0.1, 0.15) is 43.4 Å². The van der Waals surface area contributed by atoms with Crippen LogP contribution in [0.2, 0.25) is 0 Å². The highest BCUT2D eigenvalue weighted by Crippen LogP contribution is 2.36. The summed E-state index contributed by atoms with van der Waals surface area (Å²) < 4.78 is 7.71. The average molecular weight is 447 g/mol. The molecule has 1 amide bonds. The Hall–Kier alpha value is -2.15. The predicted molar refractivity (Wildman–Crippen MR) is 124 cm³/mol. The summed E-state index contributed by atoms with van der Waals surface area (Å²) >= 11 is 6.67. The molecule has 3 rings (SSSR count). The first kappa shape index (κ1) is 22.5. The third-order valence-electron chi connectivity index (χ3n) is 5.20. The summed E-state index contributed by atoms with van der Waals surface area (Å²) in [6.45, 7) is 9.28. The van der Waals surface area contributed by atoms with E-state index in [1.165, 1.54) is 11.8 Å². The smallest absolute Gasteiger partial charge is 0.270 e. The zero-order valence-corrected chi connectivity index (χ0v) is 19.2. The van der Waals surface area contributed by atoms with Crippen LogP contribution >= 0.6 is 24.0 Å². The van der Waals surface area contributed by atoms with Crippen LogP contribution in [-0.4, -0.2) is 52.5 Å². The van der Waals surface area contributed by atoms with Crippen molar-refractivity contribution in [3.63, 3.8) is 0 Å². The number of amides is 1. The highest BCUT2D eigenvalue weighted by Gasteiger charge is 2.32. The number of rotatable bonds is 6. The number of ether oxygens (including phenoxy) is 1. The molecule has 1 aromatic heterocycles. The summed E-state index contributed by atoms with van der Waals surface area (Å²) in [6, 6.07) is 2.07. The minimum atomic E-state index is -0.283. The van der Waals surface area contributed by atoms with Crippen molar-refractivity contribution < 1.29 is 9.53 Å². The Kier molecular flexibility index (Phi) is 7.34. The Morgan fingerprint density at radius 3 is 2.47 bits per heavy atom. The van der Waals surface area contributed by atoms with Crippen LogP contribution in [0.3, 0.4) is 0 Å². The minimum Gasteiger partial charge on any atom is -0.378 e. The molecule has 0 N–H and O–H groups in total. The highest BCUT2D eigenvalue weighted by molar-refractivity contribution is 8.26. The number of thioether (sulfide) groups is 1. The summed E-state index contributed by atoms with van der Waals surface area (Å²) in [5.41, 5.74) is 1.17. The zero-order valence-electron chi connectivity index (χ0n) is 17.6. The van der Waals surface area contributed by atoms with Gasteiger partial charge in [-0.05, 0) is 31.4 Å². The van der Waals surface area contributed by atoms with Gasteiger partial charge in [0.15, 0.2) is 0 Å². The molecule has 0 bridgehead atoms. The van der Waals surface area contributed by atoms with Crippen molar-refractivity contribution in [2.45, 2.75) is 40.2 Å². The Morgan fingerprint density at radius 1 is 1.20 bits per heavy atom. The first-order chi connectivity index (χ1) is 14.4. The van der Waals surface area contributed by atoms with Gasteiger partial charge in [-0.3, -0.25) is 19.1 Å². The summed E-state index contributed by atoms with van der Waals surface area (Å²) in [5.74, 6) is 0.633. The molecule has 9 heteroatoms. The second-order valence-corrected chi connectivity index (χ2v) is 8.91. The average Bonchev–Trinajstić information content (AvgIpc) is 3.00. The van der Waals surface area contributed by atoms with Crippen molar-refractivity contribution in [2.75, 3.05) is 37.7 Å². The summed E-state index contributed by atoms with van der Waals surface area (Å²) in [6.07, 6.45) is 3.38. The fourth-order valence-corrected chi connectivity index (χ4v) is 5.03. The SMILES string of the molecule is CCCN1C(=O)/C(=C/c2c(C)c(C#N)c(=O)n(CCC)c2N2CCOCC2)SC1=S. The second kappa shape index (κ2) is 9.77. The lowest BCUT2D eigenvalue weighted by molar-refractivity contribution is -0.122. The van der Waals surface area contributed by atoms with Crippen LogP contribution in [0, 0.1) is 18.3 Å². The number of morpholine rings is 1. The monoisotopic (exact) mass is 446 g/mol. The van der Waals surface area contributed by atoms with Gasteiger partial charge in [0.05, 0.1) is 18.1 Å². The van der Waals surface area contributed by atoms with Crippen molar-refractivity contribution in [2.24, 2.45) is 0 Å². The standard InChI is InChI=1S/C21H26N4O3S2/c1-4-6-24-18(23-8-10-28-11-9-23)15(14(3)16(13-22)19(24)26)12-17-20(27)25(7-5-2)21(29)30-17/h12H,4-11H2,1-3H3/b17-12-. The van der Waals surface area contributed by atoms with Gasteiger partial charge in [-0.2, -0.15) is 5.26 Å². The van der Waals surface area contributed by atoms with Crippen LogP contribution in [0.4, 0.5) is 5.82 Å². The zero-order chi connectivity index (χ0) is 21.8. The molecule has 0 aromatic carbocycles. The molecule has 0 spiro atoms. The molecule has 160 valence electrons. The van der Waals surface area contributed by atoms with E-state index in [0.29, 0.717) is 54.2 Å². The number of hydrogen-bond acceptors (Lipinski definition) is 7. The molecule has 2 aliphatic heterocycles. The van der Waals surface area contributed by atoms with Gasteiger partial charge >= 0.3 is 0 Å². The molecular formula is C21H26N4O3S2. The Bertz CT molecular complexity index is 987. The van der Waals surface area contributed by atoms with E-state index in [0.717, 1.165) is 24.2 Å². The van der Waals surface area contributed by atoms with Crippen LogP contribution in [0.25, 0.3) is 6.08 Å². The number of aromatic nitrogens is 1. The van der Waals surface area contributed by atoms with Crippen LogP contribution in [-0.2, 0) is 16.1 Å². The normalized spacial score (nSPS) is 18.4. The maximum Gasteiger partial charge on any atom is 0.270 e. The fourth-order valence-electron chi connectivity index (χ4n) is 3.74. The Balaban J connectivity index is 2.23. The first-order valence-corrected chi connectivity index (χ1v) is 11.4. The fraction of sp³-hybridized carbons (Fsp3) is 0.524. The molecule has 2 fully saturated rings. The number of nitriles is 1. The third kappa shape index (κ3) is 4.17. The molecule has 3 heterocycles. The molecular weight excluding hydrogens is 420 g/mol. The van der Waals surface area contributed by atoms with E-state index in [1.807, 2.05) is 19.9 Å². The highest BCUT2D eigenvalue weighted by atomic mass is 32.2. The van der Waals surface area contributed by atoms with Crippen molar-refractivity contribution in [3.05, 3.63) is 31.9 Å². The van der Waals surface area contributed by atoms with Crippen LogP contribution in [0.15, 0.2) is 9.70 Å². The van der Waals surface area contributed by atoms with Crippen molar-refractivity contribution in [1.82, 2.24) is 9.47 Å². The van der Waals surface area contributed by atoms with E-state index in [4.69, 9.17) is 17.0 Å². The molecule has 2 saturated heterocycles. The quantitative estimate of drug-likeness (QED) is 0.491.